The van der Waals surface area contributed by atoms with E-state index in [1.165, 1.54) is 0 Å². The Balaban J connectivity index is 2.71. The van der Waals surface area contributed by atoms with Gasteiger partial charge in [-0.3, -0.25) is 4.79 Å². The highest BCUT2D eigenvalue weighted by Crippen LogP contribution is 2.15. The summed E-state index contributed by atoms with van der Waals surface area (Å²) in [5.74, 6) is 0.111. The zero-order chi connectivity index (χ0) is 11.3. The first-order chi connectivity index (χ1) is 7.19. The van der Waals surface area contributed by atoms with Crippen molar-refractivity contribution in [2.45, 2.75) is 13.3 Å². The first-order valence-corrected chi connectivity index (χ1v) is 5.63. The van der Waals surface area contributed by atoms with E-state index < -0.39 is 0 Å². The molecule has 1 amide bonds. The Morgan fingerprint density at radius 1 is 1.53 bits per heavy atom. The number of aliphatic hydroxyl groups excluding tert-OH is 1. The predicted octanol–water partition coefficient (Wildman–Crippen LogP) is 1.89. The molecule has 0 aliphatic carbocycles. The van der Waals surface area contributed by atoms with E-state index in [1.54, 1.807) is 17.0 Å². The fourth-order valence-electron chi connectivity index (χ4n) is 1.29. The highest BCUT2D eigenvalue weighted by atomic mass is 79.9. The highest BCUT2D eigenvalue weighted by Gasteiger charge is 2.17. The van der Waals surface area contributed by atoms with E-state index in [0.717, 1.165) is 6.42 Å². The molecule has 4 nitrogen and oxygen atoms in total. The maximum Gasteiger partial charge on any atom is 0.289 e. The van der Waals surface area contributed by atoms with Crippen LogP contribution < -0.4 is 0 Å². The molecule has 0 atom stereocenters. The Kier molecular flexibility index (Phi) is 4.84. The van der Waals surface area contributed by atoms with Gasteiger partial charge in [0.15, 0.2) is 10.4 Å². The van der Waals surface area contributed by atoms with Crippen LogP contribution in [0.15, 0.2) is 21.2 Å². The zero-order valence-corrected chi connectivity index (χ0v) is 10.2. The van der Waals surface area contributed by atoms with Crippen LogP contribution in [0.1, 0.15) is 23.9 Å². The van der Waals surface area contributed by atoms with Gasteiger partial charge >= 0.3 is 0 Å². The fraction of sp³-hybridized carbons (Fsp3) is 0.500. The summed E-state index contributed by atoms with van der Waals surface area (Å²) >= 11 is 3.14. The SMILES string of the molecule is CCCN(CCO)C(=O)c1ccc(Br)o1. The van der Waals surface area contributed by atoms with Gasteiger partial charge in [0, 0.05) is 13.1 Å². The molecule has 1 N–H and O–H groups in total. The normalized spacial score (nSPS) is 10.3. The standard InChI is InChI=1S/C10H14BrNO3/c1-2-5-12(6-7-13)10(14)8-3-4-9(11)15-8/h3-4,13H,2,5-7H2,1H3. The van der Waals surface area contributed by atoms with Crippen LogP contribution in [0.2, 0.25) is 0 Å². The minimum atomic E-state index is -0.184. The van der Waals surface area contributed by atoms with Crippen molar-refractivity contribution in [1.82, 2.24) is 4.90 Å². The quantitative estimate of drug-likeness (QED) is 0.893. The smallest absolute Gasteiger partial charge is 0.289 e. The topological polar surface area (TPSA) is 53.7 Å². The van der Waals surface area contributed by atoms with Gasteiger partial charge in [0.05, 0.1) is 6.61 Å². The maximum atomic E-state index is 11.8. The number of furan rings is 1. The van der Waals surface area contributed by atoms with Crippen molar-refractivity contribution in [2.75, 3.05) is 19.7 Å². The van der Waals surface area contributed by atoms with Gasteiger partial charge < -0.3 is 14.4 Å². The van der Waals surface area contributed by atoms with Crippen LogP contribution in [-0.4, -0.2) is 35.6 Å². The number of aliphatic hydroxyl groups is 1. The number of halogens is 1. The van der Waals surface area contributed by atoms with Gasteiger partial charge in [0.1, 0.15) is 0 Å². The summed E-state index contributed by atoms with van der Waals surface area (Å²) in [7, 11) is 0. The molecule has 0 bridgehead atoms. The molecule has 0 aliphatic heterocycles. The van der Waals surface area contributed by atoms with Gasteiger partial charge in [-0.25, -0.2) is 0 Å². The summed E-state index contributed by atoms with van der Waals surface area (Å²) < 4.78 is 5.70. The van der Waals surface area contributed by atoms with Crippen molar-refractivity contribution in [3.05, 3.63) is 22.6 Å². The second kappa shape index (κ2) is 5.92. The van der Waals surface area contributed by atoms with Crippen LogP contribution in [0, 0.1) is 0 Å². The Bertz CT molecular complexity index is 318. The molecular weight excluding hydrogens is 262 g/mol. The molecular formula is C10H14BrNO3. The number of rotatable bonds is 5. The number of hydrogen-bond acceptors (Lipinski definition) is 3. The van der Waals surface area contributed by atoms with Crippen molar-refractivity contribution in [2.24, 2.45) is 0 Å². The predicted molar refractivity (Wildman–Crippen MR) is 59.7 cm³/mol. The summed E-state index contributed by atoms with van der Waals surface area (Å²) in [5, 5.41) is 8.83. The molecule has 0 spiro atoms. The minimum absolute atomic E-state index is 0.0341. The molecule has 84 valence electrons. The molecule has 5 heteroatoms. The van der Waals surface area contributed by atoms with E-state index in [9.17, 15) is 4.79 Å². The lowest BCUT2D eigenvalue weighted by Gasteiger charge is -2.19. The first-order valence-electron chi connectivity index (χ1n) is 4.84. The third-order valence-corrected chi connectivity index (χ3v) is 2.36. The molecule has 1 rings (SSSR count). The molecule has 0 saturated carbocycles. The average Bonchev–Trinajstić information content (AvgIpc) is 2.63. The molecule has 1 heterocycles. The molecule has 0 fully saturated rings. The molecule has 1 aromatic heterocycles. The van der Waals surface area contributed by atoms with Crippen LogP contribution in [-0.2, 0) is 0 Å². The van der Waals surface area contributed by atoms with E-state index in [0.29, 0.717) is 23.5 Å². The Morgan fingerprint density at radius 3 is 2.73 bits per heavy atom. The van der Waals surface area contributed by atoms with Gasteiger partial charge in [-0.15, -0.1) is 0 Å². The van der Waals surface area contributed by atoms with Crippen molar-refractivity contribution >= 4 is 21.8 Å². The molecule has 15 heavy (non-hydrogen) atoms. The monoisotopic (exact) mass is 275 g/mol. The van der Waals surface area contributed by atoms with Crippen LogP contribution >= 0.6 is 15.9 Å². The third kappa shape index (κ3) is 3.35. The number of amides is 1. The van der Waals surface area contributed by atoms with Crippen molar-refractivity contribution < 1.29 is 14.3 Å². The van der Waals surface area contributed by atoms with Gasteiger partial charge in [0.2, 0.25) is 0 Å². The summed E-state index contributed by atoms with van der Waals surface area (Å²) in [6.45, 7) is 2.91. The van der Waals surface area contributed by atoms with E-state index >= 15 is 0 Å². The lowest BCUT2D eigenvalue weighted by atomic mass is 10.3. The summed E-state index contributed by atoms with van der Waals surface area (Å²) in [4.78, 5) is 13.4. The van der Waals surface area contributed by atoms with E-state index in [2.05, 4.69) is 15.9 Å². The zero-order valence-electron chi connectivity index (χ0n) is 8.57. The van der Waals surface area contributed by atoms with Crippen LogP contribution in [0.5, 0.6) is 0 Å². The number of carbonyl (C=O) groups is 1. The summed E-state index contributed by atoms with van der Waals surface area (Å²) in [6, 6.07) is 3.29. The van der Waals surface area contributed by atoms with E-state index in [1.807, 2.05) is 6.92 Å². The Hall–Kier alpha value is -0.810. The Labute approximate surface area is 97.0 Å². The van der Waals surface area contributed by atoms with Gasteiger partial charge in [-0.1, -0.05) is 6.92 Å². The summed E-state index contributed by atoms with van der Waals surface area (Å²) in [5.41, 5.74) is 0. The van der Waals surface area contributed by atoms with E-state index in [4.69, 9.17) is 9.52 Å². The Morgan fingerprint density at radius 2 is 2.27 bits per heavy atom. The third-order valence-electron chi connectivity index (χ3n) is 1.93. The average molecular weight is 276 g/mol. The first kappa shape index (κ1) is 12.3. The summed E-state index contributed by atoms with van der Waals surface area (Å²) in [6.07, 6.45) is 0.855. The van der Waals surface area contributed by atoms with Gasteiger partial charge in [-0.05, 0) is 34.5 Å². The van der Waals surface area contributed by atoms with Crippen LogP contribution in [0.4, 0.5) is 0 Å². The van der Waals surface area contributed by atoms with Crippen molar-refractivity contribution in [3.63, 3.8) is 0 Å². The lowest BCUT2D eigenvalue weighted by Crippen LogP contribution is -2.33. The molecule has 0 aliphatic rings. The van der Waals surface area contributed by atoms with Crippen molar-refractivity contribution in [1.29, 1.82) is 0 Å². The molecule has 1 aromatic rings. The second-order valence-electron chi connectivity index (χ2n) is 3.12. The highest BCUT2D eigenvalue weighted by molar-refractivity contribution is 9.10. The van der Waals surface area contributed by atoms with Crippen LogP contribution in [0.3, 0.4) is 0 Å². The molecule has 0 saturated heterocycles. The number of hydrogen-bond donors (Lipinski definition) is 1. The minimum Gasteiger partial charge on any atom is -0.444 e. The molecule has 0 aromatic carbocycles. The van der Waals surface area contributed by atoms with Gasteiger partial charge in [-0.2, -0.15) is 0 Å². The molecule has 0 radical (unpaired) electrons. The second-order valence-corrected chi connectivity index (χ2v) is 3.90. The maximum absolute atomic E-state index is 11.8. The number of nitrogens with zero attached hydrogens (tertiary/aromatic N) is 1. The largest absolute Gasteiger partial charge is 0.444 e. The van der Waals surface area contributed by atoms with E-state index in [-0.39, 0.29) is 12.5 Å². The van der Waals surface area contributed by atoms with Crippen LogP contribution in [0.25, 0.3) is 0 Å². The van der Waals surface area contributed by atoms with Gasteiger partial charge in [0.25, 0.3) is 5.91 Å². The molecule has 0 unspecified atom stereocenters. The number of carbonyl (C=O) groups excluding carboxylic acids is 1. The fourth-order valence-corrected chi connectivity index (χ4v) is 1.60. The lowest BCUT2D eigenvalue weighted by molar-refractivity contribution is 0.0689. The van der Waals surface area contributed by atoms with Crippen molar-refractivity contribution in [3.8, 4) is 0 Å².